The molecule has 2 N–H and O–H groups in total. The van der Waals surface area contributed by atoms with Crippen molar-refractivity contribution >= 4 is 28.0 Å². The van der Waals surface area contributed by atoms with Crippen LogP contribution in [0.5, 0.6) is 0 Å². The Morgan fingerprint density at radius 1 is 1.06 bits per heavy atom. The van der Waals surface area contributed by atoms with E-state index in [0.717, 1.165) is 29.5 Å². The Morgan fingerprint density at radius 3 is 2.38 bits per heavy atom. The molecule has 0 saturated carbocycles. The summed E-state index contributed by atoms with van der Waals surface area (Å²) in [6.45, 7) is 13.1. The minimum absolute atomic E-state index is 0.291. The first-order valence-corrected chi connectivity index (χ1v) is 11.4. The zero-order valence-corrected chi connectivity index (χ0v) is 19.8. The van der Waals surface area contributed by atoms with Crippen LogP contribution in [0.15, 0.2) is 10.7 Å². The summed E-state index contributed by atoms with van der Waals surface area (Å²) in [5, 5.41) is 21.0. The van der Waals surface area contributed by atoms with Gasteiger partial charge in [-0.1, -0.05) is 13.8 Å². The lowest BCUT2D eigenvalue weighted by Gasteiger charge is -2.33. The summed E-state index contributed by atoms with van der Waals surface area (Å²) in [6.07, 6.45) is 1.91. The Balaban J connectivity index is 1.97. The van der Waals surface area contributed by atoms with Crippen LogP contribution >= 0.6 is 0 Å². The van der Waals surface area contributed by atoms with Crippen LogP contribution in [-0.4, -0.2) is 56.1 Å². The zero-order chi connectivity index (χ0) is 23.2. The number of aliphatic hydroxyl groups is 2. The van der Waals surface area contributed by atoms with E-state index >= 15 is 0 Å². The molecule has 4 heterocycles. The average molecular weight is 443 g/mol. The van der Waals surface area contributed by atoms with Gasteiger partial charge in [-0.3, -0.25) is 0 Å². The number of pyridine rings is 1. The maximum absolute atomic E-state index is 10.0. The molecule has 0 unspecified atom stereocenters. The molecule has 8 heteroatoms. The van der Waals surface area contributed by atoms with Crippen LogP contribution in [0.4, 0.5) is 5.82 Å². The van der Waals surface area contributed by atoms with Crippen LogP contribution in [0.1, 0.15) is 58.4 Å². The van der Waals surface area contributed by atoms with E-state index in [0.29, 0.717) is 48.2 Å². The van der Waals surface area contributed by atoms with Crippen molar-refractivity contribution in [1.82, 2.24) is 15.0 Å². The van der Waals surface area contributed by atoms with Crippen LogP contribution in [-0.2, 0) is 24.2 Å². The Bertz CT molecular complexity index is 1110. The lowest BCUT2D eigenvalue weighted by molar-refractivity contribution is -0.0402. The molecule has 1 aliphatic rings. The number of nitrogens with zero attached hydrogens (tertiary/aromatic N) is 4. The normalized spacial score (nSPS) is 17.7. The predicted octanol–water partition coefficient (Wildman–Crippen LogP) is 3.39. The molecule has 0 saturated heterocycles. The Hall–Kier alpha value is -2.29. The fourth-order valence-corrected chi connectivity index (χ4v) is 4.53. The third-order valence-corrected chi connectivity index (χ3v) is 5.77. The number of aromatic nitrogens is 3. The van der Waals surface area contributed by atoms with E-state index in [9.17, 15) is 10.2 Å². The van der Waals surface area contributed by atoms with Crippen LogP contribution < -0.4 is 4.90 Å². The third-order valence-electron chi connectivity index (χ3n) is 5.77. The average Bonchev–Trinajstić information content (AvgIpc) is 3.03. The van der Waals surface area contributed by atoms with Gasteiger partial charge in [-0.15, -0.1) is 0 Å². The molecule has 0 bridgehead atoms. The summed E-state index contributed by atoms with van der Waals surface area (Å²) in [7, 11) is 0. The molecule has 174 valence electrons. The molecular weight excluding hydrogens is 408 g/mol. The lowest BCUT2D eigenvalue weighted by Crippen LogP contribution is -2.37. The number of anilines is 1. The van der Waals surface area contributed by atoms with Gasteiger partial charge in [0.15, 0.2) is 11.4 Å². The van der Waals surface area contributed by atoms with Crippen molar-refractivity contribution in [3.05, 3.63) is 23.1 Å². The minimum atomic E-state index is -0.593. The first-order chi connectivity index (χ1) is 15.1. The monoisotopic (exact) mass is 442 g/mol. The molecular formula is C24H34N4O4. The van der Waals surface area contributed by atoms with Crippen LogP contribution in [0.3, 0.4) is 0 Å². The highest BCUT2D eigenvalue weighted by molar-refractivity contribution is 6.06. The van der Waals surface area contributed by atoms with E-state index in [2.05, 4.69) is 37.7 Å². The highest BCUT2D eigenvalue weighted by Crippen LogP contribution is 2.40. The van der Waals surface area contributed by atoms with Crippen molar-refractivity contribution in [3.8, 4) is 0 Å². The van der Waals surface area contributed by atoms with Gasteiger partial charge in [0, 0.05) is 25.1 Å². The highest BCUT2D eigenvalue weighted by Gasteiger charge is 2.33. The molecule has 4 rings (SSSR count). The first kappa shape index (κ1) is 22.9. The van der Waals surface area contributed by atoms with Gasteiger partial charge in [0.25, 0.3) is 0 Å². The number of aliphatic hydroxyl groups excluding tert-OH is 2. The van der Waals surface area contributed by atoms with Gasteiger partial charge in [-0.05, 0) is 45.6 Å². The molecule has 0 fully saturated rings. The smallest absolute Gasteiger partial charge is 0.229 e. The maximum Gasteiger partial charge on any atom is 0.229 e. The maximum atomic E-state index is 10.0. The van der Waals surface area contributed by atoms with E-state index in [1.807, 2.05) is 4.90 Å². The zero-order valence-electron chi connectivity index (χ0n) is 19.8. The van der Waals surface area contributed by atoms with Crippen LogP contribution in [0, 0.1) is 5.92 Å². The Labute approximate surface area is 188 Å². The summed E-state index contributed by atoms with van der Waals surface area (Å²) in [6, 6.07) is 0. The molecule has 0 aromatic carbocycles. The van der Waals surface area contributed by atoms with E-state index < -0.39 is 12.2 Å². The van der Waals surface area contributed by atoms with E-state index in [-0.39, 0.29) is 5.60 Å². The molecule has 32 heavy (non-hydrogen) atoms. The van der Waals surface area contributed by atoms with Crippen molar-refractivity contribution < 1.29 is 19.4 Å². The molecule has 0 aliphatic carbocycles. The molecule has 0 amide bonds. The minimum Gasteiger partial charge on any atom is -0.432 e. The number of rotatable bonds is 7. The molecule has 0 radical (unpaired) electrons. The van der Waals surface area contributed by atoms with E-state index in [4.69, 9.17) is 14.1 Å². The quantitative estimate of drug-likeness (QED) is 0.574. The number of hydrogen-bond donors (Lipinski definition) is 2. The van der Waals surface area contributed by atoms with Gasteiger partial charge >= 0.3 is 0 Å². The fraction of sp³-hybridized carbons (Fsp3) is 0.625. The summed E-state index contributed by atoms with van der Waals surface area (Å²) in [5.41, 5.74) is 4.84. The van der Waals surface area contributed by atoms with Crippen molar-refractivity contribution in [2.45, 2.75) is 78.8 Å². The third kappa shape index (κ3) is 4.44. The van der Waals surface area contributed by atoms with Gasteiger partial charge in [-0.25, -0.2) is 15.0 Å². The molecule has 3 aromatic rings. The fourth-order valence-electron chi connectivity index (χ4n) is 4.53. The summed E-state index contributed by atoms with van der Waals surface area (Å²) in [5.74, 6) is 1.01. The van der Waals surface area contributed by atoms with Gasteiger partial charge in [0.1, 0.15) is 11.8 Å². The Morgan fingerprint density at radius 2 is 1.75 bits per heavy atom. The summed E-state index contributed by atoms with van der Waals surface area (Å²) < 4.78 is 12.4. The molecule has 0 spiro atoms. The van der Waals surface area contributed by atoms with Gasteiger partial charge in [0.2, 0.25) is 5.71 Å². The van der Waals surface area contributed by atoms with Crippen LogP contribution in [0.2, 0.25) is 0 Å². The molecule has 1 aliphatic heterocycles. The molecule has 2 atom stereocenters. The number of fused-ring (bicyclic) bond motifs is 5. The second-order valence-electron chi connectivity index (χ2n) is 10.1. The lowest BCUT2D eigenvalue weighted by atomic mass is 9.88. The van der Waals surface area contributed by atoms with Crippen LogP contribution in [0.25, 0.3) is 22.2 Å². The topological polar surface area (TPSA) is 105 Å². The van der Waals surface area contributed by atoms with Crippen molar-refractivity contribution in [2.24, 2.45) is 5.92 Å². The number of ether oxygens (including phenoxy) is 1. The number of furan rings is 1. The van der Waals surface area contributed by atoms with Gasteiger partial charge < -0.3 is 24.3 Å². The first-order valence-electron chi connectivity index (χ1n) is 11.4. The van der Waals surface area contributed by atoms with Crippen molar-refractivity contribution in [2.75, 3.05) is 18.0 Å². The summed E-state index contributed by atoms with van der Waals surface area (Å²) in [4.78, 5) is 15.8. The molecule has 8 nitrogen and oxygen atoms in total. The second-order valence-corrected chi connectivity index (χ2v) is 10.1. The Kier molecular flexibility index (Phi) is 6.13. The van der Waals surface area contributed by atoms with E-state index in [1.54, 1.807) is 13.8 Å². The highest BCUT2D eigenvalue weighted by atomic mass is 16.5. The second kappa shape index (κ2) is 8.57. The predicted molar refractivity (Wildman–Crippen MR) is 124 cm³/mol. The molecule has 3 aromatic heterocycles. The largest absolute Gasteiger partial charge is 0.432 e. The SMILES string of the molecule is CC(C)Cc1nc2oc3c(N(C[C@H](C)O)C[C@@H](C)O)ncnc3c2c2c1COC(C)(C)C2. The van der Waals surface area contributed by atoms with Gasteiger partial charge in [-0.2, -0.15) is 0 Å². The van der Waals surface area contributed by atoms with Crippen molar-refractivity contribution in [3.63, 3.8) is 0 Å². The van der Waals surface area contributed by atoms with Gasteiger partial charge in [0.05, 0.1) is 35.5 Å². The van der Waals surface area contributed by atoms with E-state index in [1.165, 1.54) is 11.9 Å². The van der Waals surface area contributed by atoms with Crippen molar-refractivity contribution in [1.29, 1.82) is 0 Å². The number of hydrogen-bond acceptors (Lipinski definition) is 8. The standard InChI is InChI=1S/C24H34N4O4/c1-13(2)7-18-17-11-31-24(5,6)8-16(17)19-20-21(32-23(19)27-18)22(26-12-25-20)28(9-14(3)29)10-15(4)30/h12-15,29-30H,7-11H2,1-6H3/t14-,15+. The summed E-state index contributed by atoms with van der Waals surface area (Å²) >= 11 is 0.